The number of methoxy groups -OCH3 is 1. The summed E-state index contributed by atoms with van der Waals surface area (Å²) < 4.78 is 26.7. The maximum absolute atomic E-state index is 12.7. The number of hydrogen-bond acceptors (Lipinski definition) is 7. The summed E-state index contributed by atoms with van der Waals surface area (Å²) in [4.78, 5) is 30.2. The van der Waals surface area contributed by atoms with Crippen LogP contribution >= 0.6 is 7.82 Å². The van der Waals surface area contributed by atoms with Crippen LogP contribution in [0.4, 0.5) is 0 Å². The summed E-state index contributed by atoms with van der Waals surface area (Å²) in [5, 5.41) is 21.2. The number of nitrogens with zero attached hydrogens (tertiary/aromatic N) is 1. The molecule has 11 heteroatoms. The first-order valence-electron chi connectivity index (χ1n) is 7.62. The summed E-state index contributed by atoms with van der Waals surface area (Å²) >= 11 is 0. The lowest BCUT2D eigenvalue weighted by Gasteiger charge is -2.18. The van der Waals surface area contributed by atoms with Gasteiger partial charge in [0.05, 0.1) is 19.1 Å². The lowest BCUT2D eigenvalue weighted by molar-refractivity contribution is -0.0534. The third-order valence-electron chi connectivity index (χ3n) is 4.16. The lowest BCUT2D eigenvalue weighted by atomic mass is 10.1. The summed E-state index contributed by atoms with van der Waals surface area (Å²) in [6.07, 6.45) is -4.01. The Labute approximate surface area is 147 Å². The zero-order valence-electron chi connectivity index (χ0n) is 13.6. The van der Waals surface area contributed by atoms with Gasteiger partial charge in [-0.25, -0.2) is 4.57 Å². The van der Waals surface area contributed by atoms with E-state index in [1.807, 2.05) is 0 Å². The average Bonchev–Trinajstić information content (AvgIpc) is 2.88. The average molecular weight is 387 g/mol. The van der Waals surface area contributed by atoms with Crippen LogP contribution in [0.1, 0.15) is 6.23 Å². The summed E-state index contributed by atoms with van der Waals surface area (Å²) in [7, 11) is -3.30. The highest BCUT2D eigenvalue weighted by Gasteiger charge is 2.44. The lowest BCUT2D eigenvalue weighted by Crippen LogP contribution is -2.35. The highest BCUT2D eigenvalue weighted by atomic mass is 31.2. The number of aromatic nitrogens is 1. The molecule has 0 radical (unpaired) electrons. The van der Waals surface area contributed by atoms with Crippen molar-refractivity contribution in [3.8, 4) is 5.75 Å². The first-order chi connectivity index (χ1) is 12.2. The molecule has 1 aliphatic rings. The maximum atomic E-state index is 12.7. The minimum Gasteiger partial charge on any atom is -0.497 e. The van der Waals surface area contributed by atoms with Crippen molar-refractivity contribution in [1.82, 2.24) is 4.57 Å². The van der Waals surface area contributed by atoms with E-state index in [9.17, 15) is 19.6 Å². The highest BCUT2D eigenvalue weighted by Crippen LogP contribution is 2.38. The van der Waals surface area contributed by atoms with Crippen LogP contribution in [0.25, 0.3) is 10.8 Å². The predicted molar refractivity (Wildman–Crippen MR) is 88.7 cm³/mol. The molecule has 1 aliphatic heterocycles. The standard InChI is InChI=1S/C15H18NO9P/c1-23-9-3-2-8-4-5-16(14(19)10(8)6-9)15-13(18)12(17)11(25-15)7-24-26(20,21)22/h2-6,11-13,15,17-18H,7H2,1H3,(H2,20,21,22)/t11-,12+,13-,15-/m1/s1. The van der Waals surface area contributed by atoms with Gasteiger partial charge in [0.1, 0.15) is 24.1 Å². The number of rotatable bonds is 5. The number of hydrogen-bond donors (Lipinski definition) is 4. The largest absolute Gasteiger partial charge is 0.497 e. The second kappa shape index (κ2) is 7.09. The Balaban J connectivity index is 1.92. The zero-order valence-corrected chi connectivity index (χ0v) is 14.5. The number of phosphoric ester groups is 1. The second-order valence-corrected chi connectivity index (χ2v) is 7.05. The summed E-state index contributed by atoms with van der Waals surface area (Å²) in [5.74, 6) is 0.480. The van der Waals surface area contributed by atoms with Crippen molar-refractivity contribution in [3.63, 3.8) is 0 Å². The van der Waals surface area contributed by atoms with Crippen LogP contribution in [-0.2, 0) is 13.8 Å². The van der Waals surface area contributed by atoms with Crippen LogP contribution in [-0.4, -0.2) is 56.6 Å². The molecule has 0 aliphatic carbocycles. The molecule has 4 atom stereocenters. The van der Waals surface area contributed by atoms with Gasteiger partial charge in [-0.3, -0.25) is 13.9 Å². The molecule has 1 saturated heterocycles. The third kappa shape index (κ3) is 3.67. The molecule has 0 unspecified atom stereocenters. The van der Waals surface area contributed by atoms with Crippen LogP contribution in [0.2, 0.25) is 0 Å². The van der Waals surface area contributed by atoms with E-state index in [2.05, 4.69) is 4.52 Å². The van der Waals surface area contributed by atoms with Gasteiger partial charge in [0.25, 0.3) is 5.56 Å². The number of pyridine rings is 1. The van der Waals surface area contributed by atoms with E-state index in [-0.39, 0.29) is 0 Å². The minimum atomic E-state index is -4.76. The number of benzene rings is 1. The molecular formula is C15H18NO9P. The molecule has 2 aromatic rings. The summed E-state index contributed by atoms with van der Waals surface area (Å²) in [6, 6.07) is 6.59. The van der Waals surface area contributed by atoms with Gasteiger partial charge in [0, 0.05) is 6.20 Å². The quantitative estimate of drug-likeness (QED) is 0.509. The van der Waals surface area contributed by atoms with E-state index in [0.29, 0.717) is 16.5 Å². The van der Waals surface area contributed by atoms with Gasteiger partial charge >= 0.3 is 7.82 Å². The molecule has 1 fully saturated rings. The van der Waals surface area contributed by atoms with Crippen molar-refractivity contribution < 1.29 is 38.6 Å². The molecule has 0 saturated carbocycles. The number of fused-ring (bicyclic) bond motifs is 1. The minimum absolute atomic E-state index is 0.326. The molecule has 0 spiro atoms. The highest BCUT2D eigenvalue weighted by molar-refractivity contribution is 7.46. The van der Waals surface area contributed by atoms with Gasteiger partial charge in [0.2, 0.25) is 0 Å². The molecule has 26 heavy (non-hydrogen) atoms. The number of aliphatic hydroxyl groups is 2. The SMILES string of the molecule is COc1ccc2ccn([C@@H]3O[C@H](COP(=O)(O)O)[C@H](O)[C@H]3O)c(=O)c2c1. The fourth-order valence-electron chi connectivity index (χ4n) is 2.83. The fourth-order valence-corrected chi connectivity index (χ4v) is 3.17. The van der Waals surface area contributed by atoms with E-state index < -0.39 is 44.5 Å². The Morgan fingerprint density at radius 1 is 1.23 bits per heavy atom. The van der Waals surface area contributed by atoms with Crippen molar-refractivity contribution in [1.29, 1.82) is 0 Å². The van der Waals surface area contributed by atoms with Crippen LogP contribution in [0.5, 0.6) is 5.75 Å². The first kappa shape index (κ1) is 19.0. The van der Waals surface area contributed by atoms with E-state index in [4.69, 9.17) is 19.3 Å². The van der Waals surface area contributed by atoms with Crippen molar-refractivity contribution in [2.24, 2.45) is 0 Å². The van der Waals surface area contributed by atoms with Crippen molar-refractivity contribution in [3.05, 3.63) is 40.8 Å². The molecule has 1 aromatic carbocycles. The molecule has 10 nitrogen and oxygen atoms in total. The third-order valence-corrected chi connectivity index (χ3v) is 4.64. The van der Waals surface area contributed by atoms with Crippen molar-refractivity contribution in [2.75, 3.05) is 13.7 Å². The number of phosphoric acid groups is 1. The van der Waals surface area contributed by atoms with Gasteiger partial charge in [-0.2, -0.15) is 0 Å². The molecule has 0 amide bonds. The van der Waals surface area contributed by atoms with Gasteiger partial charge in [0.15, 0.2) is 6.23 Å². The Kier molecular flexibility index (Phi) is 5.18. The van der Waals surface area contributed by atoms with Gasteiger partial charge < -0.3 is 29.5 Å². The van der Waals surface area contributed by atoms with Crippen molar-refractivity contribution in [2.45, 2.75) is 24.5 Å². The normalized spacial score (nSPS) is 26.3. The first-order valence-corrected chi connectivity index (χ1v) is 9.15. The Morgan fingerprint density at radius 2 is 1.96 bits per heavy atom. The molecule has 3 rings (SSSR count). The van der Waals surface area contributed by atoms with E-state index in [1.54, 1.807) is 24.3 Å². The van der Waals surface area contributed by atoms with Crippen LogP contribution in [0, 0.1) is 0 Å². The Bertz CT molecular complexity index is 908. The fraction of sp³-hybridized carbons (Fsp3) is 0.400. The van der Waals surface area contributed by atoms with Crippen LogP contribution in [0.3, 0.4) is 0 Å². The molecule has 2 heterocycles. The molecule has 4 N–H and O–H groups in total. The topological polar surface area (TPSA) is 148 Å². The maximum Gasteiger partial charge on any atom is 0.469 e. The van der Waals surface area contributed by atoms with Crippen LogP contribution < -0.4 is 10.3 Å². The summed E-state index contributed by atoms with van der Waals surface area (Å²) in [6.45, 7) is -0.644. The molecular weight excluding hydrogens is 369 g/mol. The monoisotopic (exact) mass is 387 g/mol. The number of aliphatic hydroxyl groups excluding tert-OH is 2. The van der Waals surface area contributed by atoms with Gasteiger partial charge in [-0.1, -0.05) is 6.07 Å². The van der Waals surface area contributed by atoms with E-state index in [0.717, 1.165) is 4.57 Å². The predicted octanol–water partition coefficient (Wildman–Crippen LogP) is -0.261. The van der Waals surface area contributed by atoms with Crippen molar-refractivity contribution >= 4 is 18.6 Å². The van der Waals surface area contributed by atoms with E-state index >= 15 is 0 Å². The van der Waals surface area contributed by atoms with E-state index in [1.165, 1.54) is 13.3 Å². The van der Waals surface area contributed by atoms with Gasteiger partial charge in [-0.15, -0.1) is 0 Å². The molecule has 142 valence electrons. The Morgan fingerprint density at radius 3 is 2.62 bits per heavy atom. The van der Waals surface area contributed by atoms with Crippen LogP contribution in [0.15, 0.2) is 35.3 Å². The van der Waals surface area contributed by atoms with Gasteiger partial charge in [-0.05, 0) is 23.6 Å². The molecule has 1 aromatic heterocycles. The number of ether oxygens (including phenoxy) is 2. The smallest absolute Gasteiger partial charge is 0.469 e. The Hall–Kier alpha value is -1.78. The molecule has 0 bridgehead atoms. The summed E-state index contributed by atoms with van der Waals surface area (Å²) in [5.41, 5.74) is -0.478. The second-order valence-electron chi connectivity index (χ2n) is 5.81. The zero-order chi connectivity index (χ0) is 19.1.